The summed E-state index contributed by atoms with van der Waals surface area (Å²) >= 11 is 0. The van der Waals surface area contributed by atoms with E-state index in [1.165, 1.54) is 0 Å². The van der Waals surface area contributed by atoms with E-state index in [2.05, 4.69) is 6.58 Å². The van der Waals surface area contributed by atoms with Crippen LogP contribution >= 0.6 is 0 Å². The highest BCUT2D eigenvalue weighted by Crippen LogP contribution is 2.23. The van der Waals surface area contributed by atoms with Crippen molar-refractivity contribution in [2.45, 2.75) is 34.1 Å². The van der Waals surface area contributed by atoms with Crippen LogP contribution in [0, 0.1) is 5.41 Å². The van der Waals surface area contributed by atoms with Crippen LogP contribution < -0.4 is 4.74 Å². The molecule has 0 aromatic heterocycles. The van der Waals surface area contributed by atoms with Gasteiger partial charge < -0.3 is 9.47 Å². The molecule has 142 valence electrons. The van der Waals surface area contributed by atoms with Crippen molar-refractivity contribution in [3.05, 3.63) is 66.2 Å². The molecule has 0 heterocycles. The van der Waals surface area contributed by atoms with Crippen LogP contribution in [0.5, 0.6) is 5.75 Å². The number of ether oxygens (including phenoxy) is 2. The number of hydrogen-bond acceptors (Lipinski definition) is 4. The molecule has 0 aliphatic carbocycles. The van der Waals surface area contributed by atoms with Crippen LogP contribution in [-0.2, 0) is 20.7 Å². The van der Waals surface area contributed by atoms with Gasteiger partial charge in [0, 0.05) is 12.0 Å². The second-order valence-corrected chi connectivity index (χ2v) is 7.53. The van der Waals surface area contributed by atoms with Gasteiger partial charge in [0.15, 0.2) is 0 Å². The molecule has 0 amide bonds. The summed E-state index contributed by atoms with van der Waals surface area (Å²) < 4.78 is 10.5. The Bertz CT molecular complexity index is 809. The lowest BCUT2D eigenvalue weighted by atomic mass is 9.97. The maximum atomic E-state index is 11.8. The fourth-order valence-corrected chi connectivity index (χ4v) is 2.25. The van der Waals surface area contributed by atoms with Gasteiger partial charge >= 0.3 is 11.9 Å². The van der Waals surface area contributed by atoms with Crippen molar-refractivity contribution >= 4 is 11.9 Å². The molecule has 0 saturated carbocycles. The normalized spacial score (nSPS) is 11.0. The Morgan fingerprint density at radius 3 is 1.93 bits per heavy atom. The van der Waals surface area contributed by atoms with Crippen molar-refractivity contribution in [3.63, 3.8) is 0 Å². The molecule has 0 atom stereocenters. The monoisotopic (exact) mass is 366 g/mol. The van der Waals surface area contributed by atoms with Crippen molar-refractivity contribution < 1.29 is 19.1 Å². The van der Waals surface area contributed by atoms with E-state index >= 15 is 0 Å². The highest BCUT2D eigenvalue weighted by Gasteiger charge is 2.22. The molecule has 0 radical (unpaired) electrons. The molecule has 0 N–H and O–H groups in total. The van der Waals surface area contributed by atoms with Gasteiger partial charge in [-0.1, -0.05) is 43.0 Å². The summed E-state index contributed by atoms with van der Waals surface area (Å²) in [6.45, 7) is 11.1. The fraction of sp³-hybridized carbons (Fsp3) is 0.304. The minimum Gasteiger partial charge on any atom is -0.465 e. The summed E-state index contributed by atoms with van der Waals surface area (Å²) in [6, 6.07) is 15.4. The van der Waals surface area contributed by atoms with Gasteiger partial charge in [-0.25, -0.2) is 4.79 Å². The number of rotatable bonds is 6. The molecule has 0 fully saturated rings. The number of carbonyl (C=O) groups excluding carboxylic acids is 2. The predicted octanol–water partition coefficient (Wildman–Crippen LogP) is 4.97. The minimum atomic E-state index is -0.477. The Morgan fingerprint density at radius 2 is 1.44 bits per heavy atom. The second kappa shape index (κ2) is 8.67. The largest absolute Gasteiger partial charge is 0.465 e. The highest BCUT2D eigenvalue weighted by molar-refractivity contribution is 5.88. The van der Waals surface area contributed by atoms with Gasteiger partial charge in [-0.15, -0.1) is 0 Å². The summed E-state index contributed by atoms with van der Waals surface area (Å²) in [4.78, 5) is 23.3. The molecular weight excluding hydrogens is 340 g/mol. The molecule has 27 heavy (non-hydrogen) atoms. The first-order valence-corrected chi connectivity index (χ1v) is 8.91. The Hall–Kier alpha value is -2.88. The maximum absolute atomic E-state index is 11.8. The quantitative estimate of drug-likeness (QED) is 0.412. The Balaban J connectivity index is 1.94. The van der Waals surface area contributed by atoms with E-state index in [-0.39, 0.29) is 5.97 Å². The Labute approximate surface area is 160 Å². The molecule has 4 nitrogen and oxygen atoms in total. The number of carbonyl (C=O) groups is 2. The Kier molecular flexibility index (Phi) is 6.56. The number of esters is 2. The third-order valence-electron chi connectivity index (χ3n) is 3.94. The molecule has 0 spiro atoms. The SMILES string of the molecule is C=C(C)C(=O)Oc1ccc(-c2ccc(CCOC(=O)C(C)(C)C)cc2)cc1. The van der Waals surface area contributed by atoms with Crippen LogP contribution in [0.2, 0.25) is 0 Å². The molecule has 2 aromatic rings. The van der Waals surface area contributed by atoms with E-state index in [4.69, 9.17) is 9.47 Å². The zero-order valence-corrected chi connectivity index (χ0v) is 16.4. The summed E-state index contributed by atoms with van der Waals surface area (Å²) in [6.07, 6.45) is 0.678. The molecule has 0 aliphatic heterocycles. The summed E-state index contributed by atoms with van der Waals surface area (Å²) in [5.41, 5.74) is 3.07. The van der Waals surface area contributed by atoms with E-state index in [9.17, 15) is 9.59 Å². The van der Waals surface area contributed by atoms with Crippen molar-refractivity contribution in [3.8, 4) is 16.9 Å². The lowest BCUT2D eigenvalue weighted by molar-refractivity contribution is -0.152. The number of benzene rings is 2. The van der Waals surface area contributed by atoms with E-state index in [0.717, 1.165) is 16.7 Å². The molecule has 2 aromatic carbocycles. The molecule has 0 bridgehead atoms. The first-order valence-electron chi connectivity index (χ1n) is 8.91. The summed E-state index contributed by atoms with van der Waals surface area (Å²) in [7, 11) is 0. The van der Waals surface area contributed by atoms with Gasteiger partial charge in [0.25, 0.3) is 0 Å². The first-order chi connectivity index (χ1) is 12.7. The molecular formula is C23H26O4. The maximum Gasteiger partial charge on any atom is 0.338 e. The van der Waals surface area contributed by atoms with E-state index in [0.29, 0.717) is 24.4 Å². The summed E-state index contributed by atoms with van der Waals surface area (Å²) in [5.74, 6) is -0.130. The van der Waals surface area contributed by atoms with Gasteiger partial charge in [0.2, 0.25) is 0 Å². The predicted molar refractivity (Wildman–Crippen MR) is 106 cm³/mol. The standard InChI is InChI=1S/C23H26O4/c1-16(2)21(24)27-20-12-10-19(11-13-20)18-8-6-17(7-9-18)14-15-26-22(25)23(3,4)5/h6-13H,1,14-15H2,2-5H3. The van der Waals surface area contributed by atoms with Crippen LogP contribution in [-0.4, -0.2) is 18.5 Å². The highest BCUT2D eigenvalue weighted by atomic mass is 16.5. The van der Waals surface area contributed by atoms with E-state index in [1.54, 1.807) is 19.1 Å². The molecule has 4 heteroatoms. The molecule has 0 unspecified atom stereocenters. The minimum absolute atomic E-state index is 0.188. The van der Waals surface area contributed by atoms with Crippen molar-refractivity contribution in [1.29, 1.82) is 0 Å². The van der Waals surface area contributed by atoms with Crippen LogP contribution in [0.3, 0.4) is 0 Å². The first kappa shape index (κ1) is 20.4. The zero-order chi connectivity index (χ0) is 20.0. The topological polar surface area (TPSA) is 52.6 Å². The van der Waals surface area contributed by atoms with Gasteiger partial charge in [0.05, 0.1) is 12.0 Å². The lowest BCUT2D eigenvalue weighted by Crippen LogP contribution is -2.23. The Morgan fingerprint density at radius 1 is 0.926 bits per heavy atom. The van der Waals surface area contributed by atoms with Crippen LogP contribution in [0.25, 0.3) is 11.1 Å². The van der Waals surface area contributed by atoms with Gasteiger partial charge in [-0.3, -0.25) is 4.79 Å². The average Bonchev–Trinajstić information content (AvgIpc) is 2.62. The van der Waals surface area contributed by atoms with Crippen LogP contribution in [0.1, 0.15) is 33.3 Å². The van der Waals surface area contributed by atoms with Crippen molar-refractivity contribution in [1.82, 2.24) is 0 Å². The molecule has 2 rings (SSSR count). The fourth-order valence-electron chi connectivity index (χ4n) is 2.25. The van der Waals surface area contributed by atoms with Crippen LogP contribution in [0.15, 0.2) is 60.7 Å². The van der Waals surface area contributed by atoms with E-state index in [1.807, 2.05) is 57.2 Å². The lowest BCUT2D eigenvalue weighted by Gasteiger charge is -2.16. The smallest absolute Gasteiger partial charge is 0.338 e. The zero-order valence-electron chi connectivity index (χ0n) is 16.4. The van der Waals surface area contributed by atoms with Gasteiger partial charge in [-0.05, 0) is 56.5 Å². The van der Waals surface area contributed by atoms with Crippen molar-refractivity contribution in [2.75, 3.05) is 6.61 Å². The summed E-state index contributed by atoms with van der Waals surface area (Å²) in [5, 5.41) is 0. The third kappa shape index (κ3) is 6.10. The van der Waals surface area contributed by atoms with Gasteiger partial charge in [-0.2, -0.15) is 0 Å². The number of hydrogen-bond donors (Lipinski definition) is 0. The molecule has 0 saturated heterocycles. The van der Waals surface area contributed by atoms with E-state index < -0.39 is 11.4 Å². The second-order valence-electron chi connectivity index (χ2n) is 7.53. The third-order valence-corrected chi connectivity index (χ3v) is 3.94. The average molecular weight is 366 g/mol. The van der Waals surface area contributed by atoms with Crippen LogP contribution in [0.4, 0.5) is 0 Å². The van der Waals surface area contributed by atoms with Crippen molar-refractivity contribution in [2.24, 2.45) is 5.41 Å². The molecule has 0 aliphatic rings. The van der Waals surface area contributed by atoms with Gasteiger partial charge in [0.1, 0.15) is 5.75 Å².